The van der Waals surface area contributed by atoms with Gasteiger partial charge in [0.05, 0.1) is 12.0 Å². The van der Waals surface area contributed by atoms with Crippen molar-refractivity contribution >= 4 is 11.8 Å². The molecule has 0 saturated carbocycles. The largest absolute Gasteiger partial charge is 0.622 e. The van der Waals surface area contributed by atoms with Crippen LogP contribution in [-0.2, 0) is 4.74 Å². The van der Waals surface area contributed by atoms with Crippen LogP contribution in [0.1, 0.15) is 32.8 Å². The molecule has 2 rings (SSSR count). The fourth-order valence-electron chi connectivity index (χ4n) is 2.44. The van der Waals surface area contributed by atoms with E-state index in [1.807, 2.05) is 49.4 Å². The van der Waals surface area contributed by atoms with Gasteiger partial charge in [-0.3, -0.25) is 0 Å². The fourth-order valence-corrected chi connectivity index (χ4v) is 2.44. The molecular weight excluding hydrogens is 238 g/mol. The molecule has 0 radical (unpaired) electrons. The Morgan fingerprint density at radius 3 is 2.63 bits per heavy atom. The van der Waals surface area contributed by atoms with Gasteiger partial charge < -0.3 is 9.94 Å². The number of benzene rings is 1. The first-order chi connectivity index (χ1) is 9.04. The number of hydroxylamine groups is 1. The first-order valence-corrected chi connectivity index (χ1v) is 6.71. The second-order valence-corrected chi connectivity index (χ2v) is 5.53. The molecule has 1 aliphatic heterocycles. The quantitative estimate of drug-likeness (QED) is 0.613. The Labute approximate surface area is 114 Å². The van der Waals surface area contributed by atoms with Crippen LogP contribution in [0.2, 0.25) is 0 Å². The van der Waals surface area contributed by atoms with E-state index in [1.165, 1.54) is 0 Å². The minimum Gasteiger partial charge on any atom is -0.622 e. The van der Waals surface area contributed by atoms with Crippen LogP contribution < -0.4 is 0 Å². The van der Waals surface area contributed by atoms with Crippen LogP contribution in [0.25, 0.3) is 6.08 Å². The van der Waals surface area contributed by atoms with Crippen molar-refractivity contribution in [2.24, 2.45) is 5.41 Å². The molecule has 0 amide bonds. The second-order valence-electron chi connectivity index (χ2n) is 5.53. The van der Waals surface area contributed by atoms with E-state index in [1.54, 1.807) is 0 Å². The molecule has 0 spiro atoms. The molecule has 1 heterocycles. The lowest BCUT2D eigenvalue weighted by Gasteiger charge is -2.23. The third kappa shape index (κ3) is 3.04. The molecule has 3 heteroatoms. The predicted octanol–water partition coefficient (Wildman–Crippen LogP) is 3.44. The third-order valence-electron chi connectivity index (χ3n) is 3.39. The lowest BCUT2D eigenvalue weighted by atomic mass is 9.88. The van der Waals surface area contributed by atoms with Gasteiger partial charge in [-0.1, -0.05) is 44.2 Å². The van der Waals surface area contributed by atoms with Gasteiger partial charge in [-0.05, 0) is 18.6 Å². The molecule has 0 aliphatic carbocycles. The van der Waals surface area contributed by atoms with Gasteiger partial charge >= 0.3 is 0 Å². The van der Waals surface area contributed by atoms with Crippen LogP contribution in [0, 0.1) is 10.6 Å². The van der Waals surface area contributed by atoms with Gasteiger partial charge in [0.2, 0.25) is 0 Å². The lowest BCUT2D eigenvalue weighted by Crippen LogP contribution is -2.33. The average Bonchev–Trinajstić information content (AvgIpc) is 2.61. The van der Waals surface area contributed by atoms with E-state index >= 15 is 0 Å². The minimum atomic E-state index is -0.382. The fraction of sp³-hybridized carbons (Fsp3) is 0.438. The van der Waals surface area contributed by atoms with Crippen molar-refractivity contribution in [3.63, 3.8) is 0 Å². The summed E-state index contributed by atoms with van der Waals surface area (Å²) in [5.74, 6) is 0. The summed E-state index contributed by atoms with van der Waals surface area (Å²) in [7, 11) is 0. The molecular formula is C16H21NO2. The zero-order chi connectivity index (χ0) is 13.9. The molecule has 3 nitrogen and oxygen atoms in total. The molecule has 1 aliphatic rings. The predicted molar refractivity (Wildman–Crippen MR) is 77.9 cm³/mol. The Balaban J connectivity index is 2.19. The van der Waals surface area contributed by atoms with E-state index in [9.17, 15) is 5.21 Å². The van der Waals surface area contributed by atoms with Gasteiger partial charge in [0.15, 0.2) is 5.71 Å². The molecule has 19 heavy (non-hydrogen) atoms. The van der Waals surface area contributed by atoms with Crippen molar-refractivity contribution in [2.75, 3.05) is 6.61 Å². The maximum atomic E-state index is 12.2. The molecule has 0 bridgehead atoms. The Bertz CT molecular complexity index is 489. The third-order valence-corrected chi connectivity index (χ3v) is 3.39. The Kier molecular flexibility index (Phi) is 4.05. The Hall–Kier alpha value is -1.61. The van der Waals surface area contributed by atoms with Crippen molar-refractivity contribution in [3.05, 3.63) is 47.2 Å². The maximum Gasteiger partial charge on any atom is 0.273 e. The van der Waals surface area contributed by atoms with Crippen molar-refractivity contribution < 1.29 is 9.48 Å². The highest BCUT2D eigenvalue weighted by Gasteiger charge is 2.45. The smallest absolute Gasteiger partial charge is 0.273 e. The van der Waals surface area contributed by atoms with Crippen LogP contribution in [0.5, 0.6) is 0 Å². The van der Waals surface area contributed by atoms with E-state index in [4.69, 9.17) is 4.74 Å². The van der Waals surface area contributed by atoms with Gasteiger partial charge in [0, 0.05) is 12.5 Å². The molecule has 0 aromatic heterocycles. The normalized spacial score (nSPS) is 22.4. The number of hydrogen-bond donors (Lipinski definition) is 0. The summed E-state index contributed by atoms with van der Waals surface area (Å²) in [5.41, 5.74) is 1.74. The second kappa shape index (κ2) is 5.57. The van der Waals surface area contributed by atoms with Gasteiger partial charge in [-0.15, -0.1) is 0 Å². The maximum absolute atomic E-state index is 12.2. The molecule has 0 saturated heterocycles. The van der Waals surface area contributed by atoms with Crippen molar-refractivity contribution in [3.8, 4) is 0 Å². The summed E-state index contributed by atoms with van der Waals surface area (Å²) in [4.78, 5) is 0. The minimum absolute atomic E-state index is 0.145. The molecule has 1 unspecified atom stereocenters. The molecule has 0 fully saturated rings. The molecule has 1 aromatic carbocycles. The number of allylic oxidation sites excluding steroid dienone is 1. The van der Waals surface area contributed by atoms with Crippen LogP contribution in [0.4, 0.5) is 0 Å². The van der Waals surface area contributed by atoms with Crippen LogP contribution in [0.3, 0.4) is 0 Å². The molecule has 102 valence electrons. The van der Waals surface area contributed by atoms with Gasteiger partial charge in [-0.25, -0.2) is 0 Å². The van der Waals surface area contributed by atoms with Crippen LogP contribution in [-0.4, -0.2) is 23.3 Å². The van der Waals surface area contributed by atoms with Crippen LogP contribution >= 0.6 is 0 Å². The van der Waals surface area contributed by atoms with Crippen LogP contribution in [0.15, 0.2) is 36.4 Å². The topological polar surface area (TPSA) is 35.3 Å². The summed E-state index contributed by atoms with van der Waals surface area (Å²) in [6.45, 7) is 6.62. The highest BCUT2D eigenvalue weighted by atomic mass is 16.6. The summed E-state index contributed by atoms with van der Waals surface area (Å²) < 4.78 is 6.59. The monoisotopic (exact) mass is 259 g/mol. The summed E-state index contributed by atoms with van der Waals surface area (Å²) in [5, 5.41) is 12.2. The highest BCUT2D eigenvalue weighted by Crippen LogP contribution is 2.34. The Morgan fingerprint density at radius 1 is 1.32 bits per heavy atom. The number of nitrogens with zero attached hydrogens (tertiary/aromatic N) is 1. The zero-order valence-electron chi connectivity index (χ0n) is 11.8. The standard InChI is InChI=1S/C16H21NO2/c1-4-19-15-16(2,3)12-14(17(15)18)11-10-13-8-6-5-7-9-13/h5-11,15H,4,12H2,1-3H3/b11-10+. The van der Waals surface area contributed by atoms with Gasteiger partial charge in [0.25, 0.3) is 6.23 Å². The average molecular weight is 259 g/mol. The van der Waals surface area contributed by atoms with Crippen molar-refractivity contribution in [1.29, 1.82) is 0 Å². The van der Waals surface area contributed by atoms with E-state index in [-0.39, 0.29) is 11.6 Å². The van der Waals surface area contributed by atoms with Gasteiger partial charge in [0.1, 0.15) is 0 Å². The van der Waals surface area contributed by atoms with E-state index in [0.29, 0.717) is 6.61 Å². The van der Waals surface area contributed by atoms with E-state index in [0.717, 1.165) is 22.4 Å². The Morgan fingerprint density at radius 2 is 2.00 bits per heavy atom. The molecule has 1 aromatic rings. The summed E-state index contributed by atoms with van der Waals surface area (Å²) >= 11 is 0. The lowest BCUT2D eigenvalue weighted by molar-refractivity contribution is -0.564. The number of ether oxygens (including phenoxy) is 1. The SMILES string of the molecule is CCOC1[N+]([O-])=C(/C=C/c2ccccc2)CC1(C)C. The molecule has 1 atom stereocenters. The summed E-state index contributed by atoms with van der Waals surface area (Å²) in [6.07, 6.45) is 4.24. The first kappa shape index (κ1) is 13.8. The van der Waals surface area contributed by atoms with Crippen molar-refractivity contribution in [2.45, 2.75) is 33.4 Å². The summed E-state index contributed by atoms with van der Waals surface area (Å²) in [6, 6.07) is 9.99. The first-order valence-electron chi connectivity index (χ1n) is 6.71. The number of rotatable bonds is 4. The zero-order valence-corrected chi connectivity index (χ0v) is 11.8. The van der Waals surface area contributed by atoms with Gasteiger partial charge in [-0.2, -0.15) is 4.74 Å². The van der Waals surface area contributed by atoms with E-state index in [2.05, 4.69) is 13.8 Å². The molecule has 0 N–H and O–H groups in total. The van der Waals surface area contributed by atoms with E-state index < -0.39 is 0 Å². The highest BCUT2D eigenvalue weighted by molar-refractivity contribution is 5.95. The van der Waals surface area contributed by atoms with Crippen molar-refractivity contribution in [1.82, 2.24) is 0 Å². The number of hydrogen-bond acceptors (Lipinski definition) is 2.